The summed E-state index contributed by atoms with van der Waals surface area (Å²) < 4.78 is 6.77. The fourth-order valence-corrected chi connectivity index (χ4v) is 3.40. The van der Waals surface area contributed by atoms with Gasteiger partial charge in [0.25, 0.3) is 0 Å². The van der Waals surface area contributed by atoms with Gasteiger partial charge in [-0.25, -0.2) is 9.97 Å². The minimum absolute atomic E-state index is 0.00451. The third-order valence-electron chi connectivity index (χ3n) is 3.96. The highest BCUT2D eigenvalue weighted by Gasteiger charge is 2.15. The highest BCUT2D eigenvalue weighted by molar-refractivity contribution is 8.00. The first kappa shape index (κ1) is 17.2. The average molecular weight is 377 g/mol. The third kappa shape index (κ3) is 3.52. The van der Waals surface area contributed by atoms with Crippen molar-refractivity contribution in [2.24, 2.45) is 0 Å². The summed E-state index contributed by atoms with van der Waals surface area (Å²) >= 11 is 1.32. The number of aromatic nitrogens is 5. The third-order valence-corrected chi connectivity index (χ3v) is 4.94. The zero-order chi connectivity index (χ0) is 18.6. The lowest BCUT2D eigenvalue weighted by molar-refractivity contribution is 0.102. The van der Waals surface area contributed by atoms with Crippen LogP contribution in [0.3, 0.4) is 0 Å². The smallest absolute Gasteiger partial charge is 0.187 e. The quantitative estimate of drug-likeness (QED) is 0.290. The second-order valence-electron chi connectivity index (χ2n) is 5.63. The molecule has 2 aromatic heterocycles. The highest BCUT2D eigenvalue weighted by Crippen LogP contribution is 2.25. The number of hydrogen-bond donors (Lipinski definition) is 0. The van der Waals surface area contributed by atoms with Crippen LogP contribution in [-0.2, 0) is 0 Å². The van der Waals surface area contributed by atoms with E-state index in [9.17, 15) is 4.79 Å². The van der Waals surface area contributed by atoms with Crippen molar-refractivity contribution in [1.29, 1.82) is 0 Å². The lowest BCUT2D eigenvalue weighted by Crippen LogP contribution is -2.03. The summed E-state index contributed by atoms with van der Waals surface area (Å²) in [4.78, 5) is 21.0. The molecule has 4 rings (SSSR count). The van der Waals surface area contributed by atoms with Gasteiger partial charge in [-0.1, -0.05) is 35.2 Å². The SMILES string of the molecule is COc1ccc(C(=O)CSc2ncnc3c2nnn3-c2ccccc2)cc1. The number of ether oxygens (including phenoxy) is 1. The summed E-state index contributed by atoms with van der Waals surface area (Å²) in [7, 11) is 1.59. The first-order valence-electron chi connectivity index (χ1n) is 8.18. The van der Waals surface area contributed by atoms with E-state index in [0.29, 0.717) is 27.5 Å². The Kier molecular flexibility index (Phi) is 4.80. The number of carbonyl (C=O) groups is 1. The standard InChI is InChI=1S/C19H15N5O2S/c1-26-15-9-7-13(8-10-15)16(25)11-27-19-17-18(20-12-21-19)24(23-22-17)14-5-3-2-4-6-14/h2-10,12H,11H2,1H3. The van der Waals surface area contributed by atoms with E-state index in [0.717, 1.165) is 5.69 Å². The largest absolute Gasteiger partial charge is 0.497 e. The van der Waals surface area contributed by atoms with Crippen molar-refractivity contribution in [2.75, 3.05) is 12.9 Å². The molecule has 0 aliphatic rings. The number of methoxy groups -OCH3 is 1. The van der Waals surface area contributed by atoms with Crippen LogP contribution in [-0.4, -0.2) is 43.6 Å². The molecule has 134 valence electrons. The number of rotatable bonds is 6. The molecule has 27 heavy (non-hydrogen) atoms. The van der Waals surface area contributed by atoms with Crippen LogP contribution in [0.15, 0.2) is 66.0 Å². The average Bonchev–Trinajstić information content (AvgIpc) is 3.17. The maximum absolute atomic E-state index is 12.4. The van der Waals surface area contributed by atoms with Gasteiger partial charge in [0.15, 0.2) is 16.9 Å². The van der Waals surface area contributed by atoms with Crippen LogP contribution in [0.4, 0.5) is 0 Å². The van der Waals surface area contributed by atoms with Crippen molar-refractivity contribution < 1.29 is 9.53 Å². The van der Waals surface area contributed by atoms with E-state index >= 15 is 0 Å². The molecular weight excluding hydrogens is 362 g/mol. The predicted octanol–water partition coefficient (Wildman–Crippen LogP) is 3.19. The fourth-order valence-electron chi connectivity index (χ4n) is 2.57. The van der Waals surface area contributed by atoms with Gasteiger partial charge < -0.3 is 4.74 Å². The van der Waals surface area contributed by atoms with Gasteiger partial charge in [-0.2, -0.15) is 4.68 Å². The van der Waals surface area contributed by atoms with Crippen LogP contribution >= 0.6 is 11.8 Å². The molecule has 0 unspecified atom stereocenters. The number of fused-ring (bicyclic) bond motifs is 1. The lowest BCUT2D eigenvalue weighted by atomic mass is 10.1. The van der Waals surface area contributed by atoms with Crippen LogP contribution in [0.25, 0.3) is 16.9 Å². The van der Waals surface area contributed by atoms with Gasteiger partial charge in [0.2, 0.25) is 0 Å². The Morgan fingerprint density at radius 3 is 2.59 bits per heavy atom. The fraction of sp³-hybridized carbons (Fsp3) is 0.105. The molecule has 0 aliphatic carbocycles. The molecule has 0 saturated heterocycles. The Morgan fingerprint density at radius 2 is 1.85 bits per heavy atom. The number of benzene rings is 2. The van der Waals surface area contributed by atoms with E-state index in [-0.39, 0.29) is 11.5 Å². The predicted molar refractivity (Wildman–Crippen MR) is 103 cm³/mol. The first-order valence-corrected chi connectivity index (χ1v) is 9.16. The monoisotopic (exact) mass is 377 g/mol. The highest BCUT2D eigenvalue weighted by atomic mass is 32.2. The van der Waals surface area contributed by atoms with E-state index in [2.05, 4.69) is 20.3 Å². The number of carbonyl (C=O) groups excluding carboxylic acids is 1. The second kappa shape index (κ2) is 7.55. The molecule has 0 amide bonds. The summed E-state index contributed by atoms with van der Waals surface area (Å²) in [6.07, 6.45) is 1.46. The van der Waals surface area contributed by atoms with Crippen LogP contribution in [0.2, 0.25) is 0 Å². The molecule has 0 N–H and O–H groups in total. The molecule has 7 nitrogen and oxygen atoms in total. The summed E-state index contributed by atoms with van der Waals surface area (Å²) in [5, 5.41) is 9.02. The van der Waals surface area contributed by atoms with Crippen LogP contribution in [0, 0.1) is 0 Å². The van der Waals surface area contributed by atoms with E-state index in [1.165, 1.54) is 18.1 Å². The number of Topliss-reactive ketones (excluding diaryl/α,β-unsaturated/α-hetero) is 1. The lowest BCUT2D eigenvalue weighted by Gasteiger charge is -2.04. The van der Waals surface area contributed by atoms with E-state index in [4.69, 9.17) is 4.74 Å². The van der Waals surface area contributed by atoms with Crippen LogP contribution < -0.4 is 4.74 Å². The summed E-state index contributed by atoms with van der Waals surface area (Å²) in [5.41, 5.74) is 2.68. The van der Waals surface area contributed by atoms with Gasteiger partial charge in [0.05, 0.1) is 18.6 Å². The van der Waals surface area contributed by atoms with E-state index in [1.807, 2.05) is 30.3 Å². The Morgan fingerprint density at radius 1 is 1.07 bits per heavy atom. The van der Waals surface area contributed by atoms with E-state index in [1.54, 1.807) is 36.1 Å². The van der Waals surface area contributed by atoms with Gasteiger partial charge in [0, 0.05) is 5.56 Å². The Hall–Kier alpha value is -3.26. The molecule has 0 atom stereocenters. The minimum atomic E-state index is 0.00451. The van der Waals surface area contributed by atoms with Crippen molar-refractivity contribution in [3.63, 3.8) is 0 Å². The van der Waals surface area contributed by atoms with Gasteiger partial charge >= 0.3 is 0 Å². The van der Waals surface area contributed by atoms with Gasteiger partial charge in [-0.15, -0.1) is 5.10 Å². The van der Waals surface area contributed by atoms with Crippen molar-refractivity contribution in [2.45, 2.75) is 5.03 Å². The maximum atomic E-state index is 12.4. The first-order chi connectivity index (χ1) is 13.3. The molecule has 0 fully saturated rings. The van der Waals surface area contributed by atoms with Crippen LogP contribution in [0.1, 0.15) is 10.4 Å². The minimum Gasteiger partial charge on any atom is -0.497 e. The van der Waals surface area contributed by atoms with Crippen molar-refractivity contribution >= 4 is 28.7 Å². The Bertz CT molecular complexity index is 1080. The Labute approximate surface area is 159 Å². The number of thioether (sulfide) groups is 1. The van der Waals surface area contributed by atoms with Crippen molar-refractivity contribution in [1.82, 2.24) is 25.0 Å². The molecule has 0 spiro atoms. The second-order valence-corrected chi connectivity index (χ2v) is 6.59. The number of ketones is 1. The zero-order valence-corrected chi connectivity index (χ0v) is 15.3. The molecule has 0 aliphatic heterocycles. The van der Waals surface area contributed by atoms with Crippen molar-refractivity contribution in [3.8, 4) is 11.4 Å². The normalized spacial score (nSPS) is 10.9. The molecule has 2 aromatic carbocycles. The van der Waals surface area contributed by atoms with Gasteiger partial charge in [0.1, 0.15) is 17.1 Å². The molecule has 4 aromatic rings. The number of para-hydroxylation sites is 1. The topological polar surface area (TPSA) is 82.8 Å². The number of nitrogens with zero attached hydrogens (tertiary/aromatic N) is 5. The summed E-state index contributed by atoms with van der Waals surface area (Å²) in [6.45, 7) is 0. The molecule has 0 bridgehead atoms. The molecule has 0 radical (unpaired) electrons. The zero-order valence-electron chi connectivity index (χ0n) is 14.4. The molecule has 0 saturated carbocycles. The van der Waals surface area contributed by atoms with Crippen LogP contribution in [0.5, 0.6) is 5.75 Å². The summed E-state index contributed by atoms with van der Waals surface area (Å²) in [6, 6.07) is 16.7. The Balaban J connectivity index is 1.55. The summed E-state index contributed by atoms with van der Waals surface area (Å²) in [5.74, 6) is 0.968. The van der Waals surface area contributed by atoms with Gasteiger partial charge in [-0.05, 0) is 36.4 Å². The van der Waals surface area contributed by atoms with Crippen molar-refractivity contribution in [3.05, 3.63) is 66.5 Å². The van der Waals surface area contributed by atoms with Gasteiger partial charge in [-0.3, -0.25) is 4.79 Å². The van der Waals surface area contributed by atoms with E-state index < -0.39 is 0 Å². The molecular formula is C19H15N5O2S. The molecule has 2 heterocycles. The maximum Gasteiger partial charge on any atom is 0.187 e. The number of hydrogen-bond acceptors (Lipinski definition) is 7. The molecule has 8 heteroatoms.